The predicted molar refractivity (Wildman–Crippen MR) is 81.9 cm³/mol. The van der Waals surface area contributed by atoms with E-state index in [1.165, 1.54) is 5.56 Å². The molecule has 1 amide bonds. The van der Waals surface area contributed by atoms with Gasteiger partial charge in [-0.25, -0.2) is 0 Å². The molecule has 1 saturated heterocycles. The summed E-state index contributed by atoms with van der Waals surface area (Å²) in [5, 5.41) is 4.20. The summed E-state index contributed by atoms with van der Waals surface area (Å²) in [7, 11) is 1.92. The van der Waals surface area contributed by atoms with E-state index in [9.17, 15) is 4.79 Å². The van der Waals surface area contributed by atoms with Crippen LogP contribution in [-0.4, -0.2) is 39.2 Å². The predicted octanol–water partition coefficient (Wildman–Crippen LogP) is 1.68. The van der Waals surface area contributed by atoms with Crippen LogP contribution in [0.15, 0.2) is 12.4 Å². The Balaban J connectivity index is 0.00000200. The number of nitrogens with two attached hydrogens (primary N) is 1. The van der Waals surface area contributed by atoms with Gasteiger partial charge in [0, 0.05) is 32.3 Å². The molecule has 5 nitrogen and oxygen atoms in total. The normalized spacial score (nSPS) is 21.4. The van der Waals surface area contributed by atoms with Crippen LogP contribution >= 0.6 is 12.4 Å². The highest BCUT2D eigenvalue weighted by molar-refractivity contribution is 5.86. The number of aromatic nitrogens is 2. The second kappa shape index (κ2) is 6.59. The third-order valence-electron chi connectivity index (χ3n) is 3.93. The molecule has 0 saturated carbocycles. The van der Waals surface area contributed by atoms with Crippen LogP contribution in [0, 0.1) is 0 Å². The molecule has 0 aliphatic carbocycles. The van der Waals surface area contributed by atoms with Crippen LogP contribution in [0.4, 0.5) is 0 Å². The Morgan fingerprint density at radius 3 is 2.85 bits per heavy atom. The Bertz CT molecular complexity index is 458. The van der Waals surface area contributed by atoms with Crippen LogP contribution in [0.5, 0.6) is 0 Å². The molecular formula is C14H25ClN4O. The van der Waals surface area contributed by atoms with Crippen LogP contribution in [0.1, 0.15) is 44.6 Å². The van der Waals surface area contributed by atoms with Gasteiger partial charge in [-0.2, -0.15) is 5.10 Å². The molecule has 114 valence electrons. The minimum absolute atomic E-state index is 0. The van der Waals surface area contributed by atoms with Gasteiger partial charge in [-0.1, -0.05) is 13.3 Å². The number of amides is 1. The molecule has 2 unspecified atom stereocenters. The fraction of sp³-hybridized carbons (Fsp3) is 0.714. The Labute approximate surface area is 126 Å². The molecule has 0 aromatic carbocycles. The van der Waals surface area contributed by atoms with Crippen molar-refractivity contribution in [2.45, 2.75) is 44.6 Å². The van der Waals surface area contributed by atoms with E-state index >= 15 is 0 Å². The van der Waals surface area contributed by atoms with E-state index in [0.29, 0.717) is 5.92 Å². The minimum atomic E-state index is -0.724. The molecule has 2 rings (SSSR count). The van der Waals surface area contributed by atoms with E-state index < -0.39 is 5.54 Å². The van der Waals surface area contributed by atoms with Crippen LogP contribution in [-0.2, 0) is 11.8 Å². The number of hydrogen-bond donors (Lipinski definition) is 1. The first-order chi connectivity index (χ1) is 8.94. The van der Waals surface area contributed by atoms with Crippen molar-refractivity contribution in [1.29, 1.82) is 0 Å². The number of hydrogen-bond acceptors (Lipinski definition) is 3. The van der Waals surface area contributed by atoms with E-state index in [4.69, 9.17) is 5.73 Å². The molecule has 2 heterocycles. The van der Waals surface area contributed by atoms with E-state index in [1.54, 1.807) is 0 Å². The average Bonchev–Trinajstić information content (AvgIpc) is 2.96. The van der Waals surface area contributed by atoms with Crippen LogP contribution in [0.3, 0.4) is 0 Å². The lowest BCUT2D eigenvalue weighted by Gasteiger charge is -2.28. The number of likely N-dealkylation sites (tertiary alicyclic amines) is 1. The lowest BCUT2D eigenvalue weighted by Crippen LogP contribution is -2.52. The topological polar surface area (TPSA) is 64.2 Å². The molecule has 1 fully saturated rings. The van der Waals surface area contributed by atoms with Crippen LogP contribution < -0.4 is 5.73 Å². The highest BCUT2D eigenvalue weighted by atomic mass is 35.5. The van der Waals surface area contributed by atoms with E-state index in [-0.39, 0.29) is 18.3 Å². The molecule has 1 aliphatic heterocycles. The zero-order valence-electron chi connectivity index (χ0n) is 12.5. The average molecular weight is 301 g/mol. The lowest BCUT2D eigenvalue weighted by atomic mass is 9.96. The second-order valence-electron chi connectivity index (χ2n) is 5.85. The summed E-state index contributed by atoms with van der Waals surface area (Å²) in [5.74, 6) is 0.482. The van der Waals surface area contributed by atoms with E-state index in [2.05, 4.69) is 12.0 Å². The largest absolute Gasteiger partial charge is 0.340 e. The van der Waals surface area contributed by atoms with Crippen LogP contribution in [0.2, 0.25) is 0 Å². The molecule has 6 heteroatoms. The number of carbonyl (C=O) groups is 1. The zero-order valence-corrected chi connectivity index (χ0v) is 13.3. The SMILES string of the molecule is CCCC(C)(N)C(=O)N1CCC(c2cnn(C)c2)C1.Cl. The highest BCUT2D eigenvalue weighted by Gasteiger charge is 2.36. The number of halogens is 1. The van der Waals surface area contributed by atoms with Crippen molar-refractivity contribution >= 4 is 18.3 Å². The maximum Gasteiger partial charge on any atom is 0.242 e. The molecule has 1 aromatic heterocycles. The Kier molecular flexibility index (Phi) is 5.59. The van der Waals surface area contributed by atoms with Crippen molar-refractivity contribution in [3.63, 3.8) is 0 Å². The van der Waals surface area contributed by atoms with Gasteiger partial charge in [0.25, 0.3) is 0 Å². The van der Waals surface area contributed by atoms with Gasteiger partial charge in [0.2, 0.25) is 5.91 Å². The summed E-state index contributed by atoms with van der Waals surface area (Å²) >= 11 is 0. The Morgan fingerprint density at radius 2 is 2.30 bits per heavy atom. The Hall–Kier alpha value is -1.07. The quantitative estimate of drug-likeness (QED) is 0.920. The summed E-state index contributed by atoms with van der Waals surface area (Å²) in [6.07, 6.45) is 6.59. The van der Waals surface area contributed by atoms with Gasteiger partial charge >= 0.3 is 0 Å². The third-order valence-corrected chi connectivity index (χ3v) is 3.93. The fourth-order valence-electron chi connectivity index (χ4n) is 2.86. The number of rotatable bonds is 4. The van der Waals surface area contributed by atoms with E-state index in [1.807, 2.05) is 35.9 Å². The summed E-state index contributed by atoms with van der Waals surface area (Å²) in [6.45, 7) is 5.47. The summed E-state index contributed by atoms with van der Waals surface area (Å²) in [6, 6.07) is 0. The van der Waals surface area contributed by atoms with Gasteiger partial charge < -0.3 is 10.6 Å². The molecule has 2 atom stereocenters. The van der Waals surface area contributed by atoms with Crippen molar-refractivity contribution in [2.24, 2.45) is 12.8 Å². The first-order valence-electron chi connectivity index (χ1n) is 7.01. The maximum absolute atomic E-state index is 12.4. The number of nitrogens with zero attached hydrogens (tertiary/aromatic N) is 3. The Morgan fingerprint density at radius 1 is 1.60 bits per heavy atom. The number of aryl methyl sites for hydroxylation is 1. The fourth-order valence-corrected chi connectivity index (χ4v) is 2.86. The highest BCUT2D eigenvalue weighted by Crippen LogP contribution is 2.28. The third kappa shape index (κ3) is 3.52. The zero-order chi connectivity index (χ0) is 14.0. The number of carbonyl (C=O) groups excluding carboxylic acids is 1. The molecule has 20 heavy (non-hydrogen) atoms. The van der Waals surface area contributed by atoms with Gasteiger partial charge in [0.1, 0.15) is 0 Å². The summed E-state index contributed by atoms with van der Waals surface area (Å²) < 4.78 is 1.81. The minimum Gasteiger partial charge on any atom is -0.340 e. The van der Waals surface area contributed by atoms with Crippen molar-refractivity contribution in [2.75, 3.05) is 13.1 Å². The lowest BCUT2D eigenvalue weighted by molar-refractivity contribution is -0.135. The smallest absolute Gasteiger partial charge is 0.242 e. The molecule has 1 aromatic rings. The molecular weight excluding hydrogens is 276 g/mol. The van der Waals surface area contributed by atoms with Gasteiger partial charge in [0.15, 0.2) is 0 Å². The van der Waals surface area contributed by atoms with Gasteiger partial charge in [0.05, 0.1) is 11.7 Å². The molecule has 0 spiro atoms. The first kappa shape index (κ1) is 17.0. The monoisotopic (exact) mass is 300 g/mol. The van der Waals surface area contributed by atoms with Crippen LogP contribution in [0.25, 0.3) is 0 Å². The van der Waals surface area contributed by atoms with E-state index in [0.717, 1.165) is 32.4 Å². The van der Waals surface area contributed by atoms with Crippen molar-refractivity contribution in [3.05, 3.63) is 18.0 Å². The van der Waals surface area contributed by atoms with Crippen molar-refractivity contribution in [1.82, 2.24) is 14.7 Å². The molecule has 1 aliphatic rings. The first-order valence-corrected chi connectivity index (χ1v) is 7.01. The standard InChI is InChI=1S/C14H24N4O.ClH/c1-4-6-14(2,15)13(19)18-7-5-11(10-18)12-8-16-17(3)9-12;/h8-9,11H,4-7,10,15H2,1-3H3;1H. The van der Waals surface area contributed by atoms with Gasteiger partial charge in [-0.05, 0) is 25.3 Å². The van der Waals surface area contributed by atoms with Crippen molar-refractivity contribution in [3.8, 4) is 0 Å². The van der Waals surface area contributed by atoms with Gasteiger partial charge in [-0.15, -0.1) is 12.4 Å². The summed E-state index contributed by atoms with van der Waals surface area (Å²) in [4.78, 5) is 14.3. The maximum atomic E-state index is 12.4. The molecule has 0 bridgehead atoms. The van der Waals surface area contributed by atoms with Crippen molar-refractivity contribution < 1.29 is 4.79 Å². The second-order valence-corrected chi connectivity index (χ2v) is 5.85. The molecule has 0 radical (unpaired) electrons. The van der Waals surface area contributed by atoms with Gasteiger partial charge in [-0.3, -0.25) is 9.48 Å². The summed E-state index contributed by atoms with van der Waals surface area (Å²) in [5.41, 5.74) is 6.62. The molecule has 2 N–H and O–H groups in total.